The summed E-state index contributed by atoms with van der Waals surface area (Å²) in [7, 11) is 0. The molecule has 0 spiro atoms. The first kappa shape index (κ1) is 18.0. The molecule has 0 aliphatic carbocycles. The van der Waals surface area contributed by atoms with Gasteiger partial charge < -0.3 is 10.2 Å². The Morgan fingerprint density at radius 1 is 1.14 bits per heavy atom. The zero-order valence-electron chi connectivity index (χ0n) is 15.6. The first-order valence-corrected chi connectivity index (χ1v) is 9.64. The second-order valence-corrected chi connectivity index (χ2v) is 7.08. The molecule has 4 rings (SSSR count). The third kappa shape index (κ3) is 3.81. The molecule has 5 heteroatoms. The molecular weight excluding hydrogens is 348 g/mol. The fourth-order valence-electron chi connectivity index (χ4n) is 3.75. The lowest BCUT2D eigenvalue weighted by Crippen LogP contribution is -2.34. The van der Waals surface area contributed by atoms with Crippen molar-refractivity contribution < 1.29 is 4.79 Å². The van der Waals surface area contributed by atoms with Crippen molar-refractivity contribution in [1.82, 2.24) is 9.88 Å². The van der Waals surface area contributed by atoms with E-state index in [2.05, 4.69) is 28.5 Å². The molecule has 0 radical (unpaired) electrons. The molecule has 5 nitrogen and oxygen atoms in total. The number of hydrogen-bond donors (Lipinski definition) is 1. The Morgan fingerprint density at radius 2 is 1.93 bits per heavy atom. The summed E-state index contributed by atoms with van der Waals surface area (Å²) in [4.78, 5) is 19.1. The Hall–Kier alpha value is -3.39. The summed E-state index contributed by atoms with van der Waals surface area (Å²) >= 11 is 0. The van der Waals surface area contributed by atoms with E-state index in [0.717, 1.165) is 48.9 Å². The summed E-state index contributed by atoms with van der Waals surface area (Å²) in [5.74, 6) is 0.132. The van der Waals surface area contributed by atoms with Crippen LogP contribution < -0.4 is 5.32 Å². The molecule has 1 aromatic heterocycles. The van der Waals surface area contributed by atoms with Crippen molar-refractivity contribution in [2.45, 2.75) is 25.3 Å². The van der Waals surface area contributed by atoms with Crippen LogP contribution in [0.2, 0.25) is 0 Å². The van der Waals surface area contributed by atoms with Gasteiger partial charge in [0.2, 0.25) is 5.91 Å². The first-order chi connectivity index (χ1) is 13.7. The predicted molar refractivity (Wildman–Crippen MR) is 110 cm³/mol. The summed E-state index contributed by atoms with van der Waals surface area (Å²) in [6.07, 6.45) is 2.70. The van der Waals surface area contributed by atoms with Crippen LogP contribution in [-0.2, 0) is 11.2 Å². The second kappa shape index (κ2) is 8.10. The fourth-order valence-corrected chi connectivity index (χ4v) is 3.75. The van der Waals surface area contributed by atoms with Crippen LogP contribution in [0, 0.1) is 11.3 Å². The van der Waals surface area contributed by atoms with Gasteiger partial charge in [-0.05, 0) is 37.0 Å². The highest BCUT2D eigenvalue weighted by Crippen LogP contribution is 2.26. The van der Waals surface area contributed by atoms with Crippen LogP contribution in [0.25, 0.3) is 10.9 Å². The molecule has 1 aliphatic heterocycles. The van der Waals surface area contributed by atoms with E-state index in [9.17, 15) is 10.1 Å². The number of pyridine rings is 1. The summed E-state index contributed by atoms with van der Waals surface area (Å²) in [6, 6.07) is 21.6. The Labute approximate surface area is 164 Å². The molecule has 1 fully saturated rings. The fraction of sp³-hybridized carbons (Fsp3) is 0.261. The van der Waals surface area contributed by atoms with Crippen LogP contribution >= 0.6 is 0 Å². The number of benzene rings is 2. The minimum Gasteiger partial charge on any atom is -0.373 e. The molecule has 0 saturated carbocycles. The largest absolute Gasteiger partial charge is 0.373 e. The molecule has 2 aromatic carbocycles. The highest BCUT2D eigenvalue weighted by molar-refractivity contribution is 5.95. The number of likely N-dealkylation sites (tertiary alicyclic amines) is 1. The quantitative estimate of drug-likeness (QED) is 0.717. The Balaban J connectivity index is 1.42. The van der Waals surface area contributed by atoms with Crippen LogP contribution in [0.3, 0.4) is 0 Å². The number of hydrogen-bond acceptors (Lipinski definition) is 4. The van der Waals surface area contributed by atoms with Gasteiger partial charge in [-0.3, -0.25) is 4.79 Å². The average Bonchev–Trinajstić information content (AvgIpc) is 3.08. The standard InChI is InChI=1S/C23H22N4O/c24-16-18-15-22(19-10-4-5-11-20(19)25-18)26-21-12-14-27(23(21)28)13-6-9-17-7-2-1-3-8-17/h1-5,7-8,10-11,15,21H,6,9,12-14H2,(H,25,26). The van der Waals surface area contributed by atoms with Gasteiger partial charge in [0, 0.05) is 24.2 Å². The highest BCUT2D eigenvalue weighted by Gasteiger charge is 2.31. The van der Waals surface area contributed by atoms with Crippen molar-refractivity contribution in [3.8, 4) is 6.07 Å². The lowest BCUT2D eigenvalue weighted by atomic mass is 10.1. The number of carbonyl (C=O) groups is 1. The van der Waals surface area contributed by atoms with Crippen LogP contribution in [0.5, 0.6) is 0 Å². The van der Waals surface area contributed by atoms with Crippen LogP contribution in [0.4, 0.5) is 5.69 Å². The maximum Gasteiger partial charge on any atom is 0.245 e. The van der Waals surface area contributed by atoms with Gasteiger partial charge in [-0.25, -0.2) is 4.98 Å². The molecule has 1 amide bonds. The van der Waals surface area contributed by atoms with Crippen LogP contribution in [-0.4, -0.2) is 34.9 Å². The number of carbonyl (C=O) groups excluding carboxylic acids is 1. The monoisotopic (exact) mass is 370 g/mol. The van der Waals surface area contributed by atoms with E-state index in [-0.39, 0.29) is 11.9 Å². The minimum absolute atomic E-state index is 0.132. The van der Waals surface area contributed by atoms with E-state index in [1.54, 1.807) is 6.07 Å². The van der Waals surface area contributed by atoms with Gasteiger partial charge in [-0.2, -0.15) is 5.26 Å². The van der Waals surface area contributed by atoms with Gasteiger partial charge in [0.25, 0.3) is 0 Å². The number of aryl methyl sites for hydroxylation is 1. The number of nitriles is 1. The second-order valence-electron chi connectivity index (χ2n) is 7.08. The average molecular weight is 370 g/mol. The van der Waals surface area contributed by atoms with Gasteiger partial charge in [0.1, 0.15) is 17.8 Å². The van der Waals surface area contributed by atoms with E-state index >= 15 is 0 Å². The Kier molecular flexibility index (Phi) is 5.20. The third-order valence-electron chi connectivity index (χ3n) is 5.19. The molecule has 2 heterocycles. The number of nitrogens with zero attached hydrogens (tertiary/aromatic N) is 3. The molecule has 1 N–H and O–H groups in total. The van der Waals surface area contributed by atoms with Gasteiger partial charge in [0.15, 0.2) is 0 Å². The van der Waals surface area contributed by atoms with Crippen molar-refractivity contribution in [2.75, 3.05) is 18.4 Å². The van der Waals surface area contributed by atoms with Gasteiger partial charge in [-0.1, -0.05) is 48.5 Å². The SMILES string of the molecule is N#Cc1cc(NC2CCN(CCCc3ccccc3)C2=O)c2ccccc2n1. The van der Waals surface area contributed by atoms with Crippen molar-refractivity contribution >= 4 is 22.5 Å². The Bertz CT molecular complexity index is 1030. The van der Waals surface area contributed by atoms with Crippen molar-refractivity contribution in [2.24, 2.45) is 0 Å². The van der Waals surface area contributed by atoms with Crippen molar-refractivity contribution in [3.05, 3.63) is 71.9 Å². The van der Waals surface area contributed by atoms with E-state index in [4.69, 9.17) is 0 Å². The van der Waals surface area contributed by atoms with Crippen molar-refractivity contribution in [3.63, 3.8) is 0 Å². The molecule has 1 aliphatic rings. The molecule has 140 valence electrons. The molecule has 28 heavy (non-hydrogen) atoms. The zero-order valence-corrected chi connectivity index (χ0v) is 15.6. The van der Waals surface area contributed by atoms with E-state index in [0.29, 0.717) is 5.69 Å². The number of aromatic nitrogens is 1. The number of fused-ring (bicyclic) bond motifs is 1. The van der Waals surface area contributed by atoms with E-state index < -0.39 is 0 Å². The first-order valence-electron chi connectivity index (χ1n) is 9.64. The van der Waals surface area contributed by atoms with Gasteiger partial charge >= 0.3 is 0 Å². The lowest BCUT2D eigenvalue weighted by Gasteiger charge is -2.18. The maximum atomic E-state index is 12.8. The van der Waals surface area contributed by atoms with E-state index in [1.165, 1.54) is 5.56 Å². The summed E-state index contributed by atoms with van der Waals surface area (Å²) in [6.45, 7) is 1.53. The molecule has 1 saturated heterocycles. The molecule has 3 aromatic rings. The number of anilines is 1. The Morgan fingerprint density at radius 3 is 2.75 bits per heavy atom. The highest BCUT2D eigenvalue weighted by atomic mass is 16.2. The minimum atomic E-state index is -0.255. The molecular formula is C23H22N4O. The number of amides is 1. The normalized spacial score (nSPS) is 16.3. The van der Waals surface area contributed by atoms with Gasteiger partial charge in [0.05, 0.1) is 5.52 Å². The topological polar surface area (TPSA) is 69.0 Å². The summed E-state index contributed by atoms with van der Waals surface area (Å²) < 4.78 is 0. The smallest absolute Gasteiger partial charge is 0.245 e. The van der Waals surface area contributed by atoms with Crippen molar-refractivity contribution in [1.29, 1.82) is 5.26 Å². The maximum absolute atomic E-state index is 12.8. The predicted octanol–water partition coefficient (Wildman–Crippen LogP) is 3.75. The summed E-state index contributed by atoms with van der Waals surface area (Å²) in [5.41, 5.74) is 3.21. The third-order valence-corrected chi connectivity index (χ3v) is 5.19. The van der Waals surface area contributed by atoms with Crippen LogP contribution in [0.1, 0.15) is 24.1 Å². The molecule has 0 bridgehead atoms. The molecule has 1 unspecified atom stereocenters. The lowest BCUT2D eigenvalue weighted by molar-refractivity contribution is -0.128. The molecule has 1 atom stereocenters. The van der Waals surface area contributed by atoms with Crippen LogP contribution in [0.15, 0.2) is 60.7 Å². The number of nitrogens with one attached hydrogen (secondary N) is 1. The van der Waals surface area contributed by atoms with Gasteiger partial charge in [-0.15, -0.1) is 0 Å². The zero-order chi connectivity index (χ0) is 19.3. The number of para-hydroxylation sites is 1. The summed E-state index contributed by atoms with van der Waals surface area (Å²) in [5, 5.41) is 13.5. The number of rotatable bonds is 6. The van der Waals surface area contributed by atoms with E-state index in [1.807, 2.05) is 47.4 Å².